The molecule has 24 heavy (non-hydrogen) atoms. The number of nitrogens with zero attached hydrogens (tertiary/aromatic N) is 1. The third-order valence-electron chi connectivity index (χ3n) is 3.95. The lowest BCUT2D eigenvalue weighted by Gasteiger charge is -2.28. The van der Waals surface area contributed by atoms with Gasteiger partial charge in [0.1, 0.15) is 6.54 Å². The van der Waals surface area contributed by atoms with Crippen LogP contribution in [0.5, 0.6) is 0 Å². The van der Waals surface area contributed by atoms with Gasteiger partial charge < -0.3 is 5.32 Å². The second-order valence-corrected chi connectivity index (χ2v) is 9.10. The van der Waals surface area contributed by atoms with Crippen molar-refractivity contribution in [1.82, 2.24) is 5.32 Å². The highest BCUT2D eigenvalue weighted by atomic mass is 32.2. The van der Waals surface area contributed by atoms with Crippen molar-refractivity contribution in [3.63, 3.8) is 0 Å². The molecule has 0 aliphatic carbocycles. The van der Waals surface area contributed by atoms with Crippen molar-refractivity contribution in [2.45, 2.75) is 47.6 Å². The van der Waals surface area contributed by atoms with Gasteiger partial charge in [-0.15, -0.1) is 0 Å². The number of carbonyl (C=O) groups excluding carboxylic acids is 1. The van der Waals surface area contributed by atoms with Gasteiger partial charge in [-0.05, 0) is 48.9 Å². The number of hydrogen-bond donors (Lipinski definition) is 1. The van der Waals surface area contributed by atoms with Gasteiger partial charge in [0.05, 0.1) is 11.9 Å². The molecule has 0 saturated carbocycles. The summed E-state index contributed by atoms with van der Waals surface area (Å²) in [6, 6.07) is 5.54. The van der Waals surface area contributed by atoms with Gasteiger partial charge in [-0.2, -0.15) is 0 Å². The maximum atomic E-state index is 12.4. The van der Waals surface area contributed by atoms with Crippen LogP contribution in [-0.4, -0.2) is 33.2 Å². The van der Waals surface area contributed by atoms with E-state index in [9.17, 15) is 13.2 Å². The molecular formula is C18H30N2O3S. The van der Waals surface area contributed by atoms with Crippen LogP contribution < -0.4 is 9.62 Å². The van der Waals surface area contributed by atoms with Gasteiger partial charge in [0.25, 0.3) is 0 Å². The van der Waals surface area contributed by atoms with E-state index in [1.807, 2.05) is 47.6 Å². The molecule has 0 aliphatic heterocycles. The van der Waals surface area contributed by atoms with E-state index in [1.54, 1.807) is 12.1 Å². The van der Waals surface area contributed by atoms with Crippen molar-refractivity contribution in [2.75, 3.05) is 17.1 Å². The topological polar surface area (TPSA) is 66.5 Å². The number of carbonyl (C=O) groups is 1. The zero-order chi connectivity index (χ0) is 18.7. The molecule has 1 amide bonds. The summed E-state index contributed by atoms with van der Waals surface area (Å²) in [5.41, 5.74) is 2.44. The molecular weight excluding hydrogens is 324 g/mol. The number of rotatable bonds is 7. The minimum Gasteiger partial charge on any atom is -0.351 e. The minimum absolute atomic E-state index is 0.0122. The van der Waals surface area contributed by atoms with Gasteiger partial charge in [0, 0.05) is 6.04 Å². The molecule has 1 rings (SSSR count). The Morgan fingerprint density at radius 2 is 1.50 bits per heavy atom. The van der Waals surface area contributed by atoms with Gasteiger partial charge >= 0.3 is 0 Å². The van der Waals surface area contributed by atoms with E-state index in [2.05, 4.69) is 5.32 Å². The largest absolute Gasteiger partial charge is 0.351 e. The Morgan fingerprint density at radius 1 is 1.04 bits per heavy atom. The summed E-state index contributed by atoms with van der Waals surface area (Å²) >= 11 is 0. The Balaban J connectivity index is 3.05. The molecule has 0 radical (unpaired) electrons. The number of anilines is 1. The summed E-state index contributed by atoms with van der Waals surface area (Å²) in [7, 11) is -3.55. The van der Waals surface area contributed by atoms with Crippen molar-refractivity contribution >= 4 is 21.6 Å². The third kappa shape index (κ3) is 5.82. The second kappa shape index (κ2) is 8.01. The summed E-state index contributed by atoms with van der Waals surface area (Å²) in [5.74, 6) is 0.274. The number of amides is 1. The summed E-state index contributed by atoms with van der Waals surface area (Å²) in [5, 5.41) is 2.97. The molecule has 0 aliphatic rings. The standard InChI is InChI=1S/C18H30N2O3S/c1-12(2)18(13(3)4)19-17(21)11-20(24(7,22)23)16-9-14(5)8-15(6)10-16/h8-10,12-13,18H,11H2,1-7H3,(H,19,21). The SMILES string of the molecule is Cc1cc(C)cc(N(CC(=O)NC(C(C)C)C(C)C)S(C)(=O)=O)c1. The lowest BCUT2D eigenvalue weighted by atomic mass is 9.93. The van der Waals surface area contributed by atoms with E-state index in [4.69, 9.17) is 0 Å². The van der Waals surface area contributed by atoms with Crippen LogP contribution in [0, 0.1) is 25.7 Å². The lowest BCUT2D eigenvalue weighted by molar-refractivity contribution is -0.121. The van der Waals surface area contributed by atoms with Crippen LogP contribution in [0.3, 0.4) is 0 Å². The highest BCUT2D eigenvalue weighted by Crippen LogP contribution is 2.21. The van der Waals surface area contributed by atoms with E-state index in [0.29, 0.717) is 5.69 Å². The molecule has 0 unspecified atom stereocenters. The Kier molecular flexibility index (Phi) is 6.84. The maximum absolute atomic E-state index is 12.4. The first-order valence-electron chi connectivity index (χ1n) is 8.27. The molecule has 1 aromatic rings. The number of hydrogen-bond acceptors (Lipinski definition) is 3. The predicted molar refractivity (Wildman–Crippen MR) is 99.7 cm³/mol. The number of benzene rings is 1. The maximum Gasteiger partial charge on any atom is 0.241 e. The molecule has 0 aromatic heterocycles. The third-order valence-corrected chi connectivity index (χ3v) is 5.09. The average Bonchev–Trinajstić information content (AvgIpc) is 2.38. The molecule has 1 N–H and O–H groups in total. The smallest absolute Gasteiger partial charge is 0.241 e. The van der Waals surface area contributed by atoms with E-state index in [-0.39, 0.29) is 30.3 Å². The van der Waals surface area contributed by atoms with Crippen molar-refractivity contribution in [3.8, 4) is 0 Å². The highest BCUT2D eigenvalue weighted by Gasteiger charge is 2.25. The number of aryl methyl sites for hydroxylation is 2. The Morgan fingerprint density at radius 3 is 1.88 bits per heavy atom. The first kappa shape index (κ1) is 20.5. The van der Waals surface area contributed by atoms with Gasteiger partial charge in [-0.25, -0.2) is 8.42 Å². The molecule has 0 fully saturated rings. The quantitative estimate of drug-likeness (QED) is 0.819. The number of sulfonamides is 1. The Labute approximate surface area is 146 Å². The fourth-order valence-electron chi connectivity index (χ4n) is 2.96. The molecule has 0 heterocycles. The van der Waals surface area contributed by atoms with Crippen LogP contribution in [0.15, 0.2) is 18.2 Å². The van der Waals surface area contributed by atoms with Crippen LogP contribution in [0.25, 0.3) is 0 Å². The fourth-order valence-corrected chi connectivity index (χ4v) is 3.80. The van der Waals surface area contributed by atoms with Crippen LogP contribution in [0.1, 0.15) is 38.8 Å². The summed E-state index contributed by atoms with van der Waals surface area (Å²) in [6.07, 6.45) is 1.13. The van der Waals surface area contributed by atoms with Gasteiger partial charge in [-0.3, -0.25) is 9.10 Å². The van der Waals surface area contributed by atoms with Gasteiger partial charge in [0.2, 0.25) is 15.9 Å². The van der Waals surface area contributed by atoms with E-state index < -0.39 is 10.0 Å². The molecule has 136 valence electrons. The molecule has 6 heteroatoms. The van der Waals surface area contributed by atoms with E-state index >= 15 is 0 Å². The zero-order valence-corrected chi connectivity index (χ0v) is 16.6. The van der Waals surface area contributed by atoms with Gasteiger partial charge in [-0.1, -0.05) is 33.8 Å². The number of nitrogens with one attached hydrogen (secondary N) is 1. The Hall–Kier alpha value is -1.56. The Bertz CT molecular complexity index is 653. The molecule has 0 spiro atoms. The first-order valence-corrected chi connectivity index (χ1v) is 10.1. The van der Waals surface area contributed by atoms with Crippen LogP contribution in [0.2, 0.25) is 0 Å². The normalized spacial score (nSPS) is 12.1. The molecule has 1 aromatic carbocycles. The van der Waals surface area contributed by atoms with Crippen LogP contribution in [-0.2, 0) is 14.8 Å². The lowest BCUT2D eigenvalue weighted by Crippen LogP contribution is -2.47. The van der Waals surface area contributed by atoms with Crippen molar-refractivity contribution in [2.24, 2.45) is 11.8 Å². The van der Waals surface area contributed by atoms with Crippen LogP contribution >= 0.6 is 0 Å². The van der Waals surface area contributed by atoms with Crippen molar-refractivity contribution in [3.05, 3.63) is 29.3 Å². The summed E-state index contributed by atoms with van der Waals surface area (Å²) < 4.78 is 25.5. The first-order chi connectivity index (χ1) is 10.9. The summed E-state index contributed by atoms with van der Waals surface area (Å²) in [6.45, 7) is 11.8. The monoisotopic (exact) mass is 354 g/mol. The fraction of sp³-hybridized carbons (Fsp3) is 0.611. The van der Waals surface area contributed by atoms with E-state index in [1.165, 1.54) is 4.31 Å². The predicted octanol–water partition coefficient (Wildman–Crippen LogP) is 2.87. The average molecular weight is 355 g/mol. The second-order valence-electron chi connectivity index (χ2n) is 7.20. The van der Waals surface area contributed by atoms with Crippen molar-refractivity contribution < 1.29 is 13.2 Å². The molecule has 0 atom stereocenters. The zero-order valence-electron chi connectivity index (χ0n) is 15.8. The highest BCUT2D eigenvalue weighted by molar-refractivity contribution is 7.92. The van der Waals surface area contributed by atoms with Crippen molar-refractivity contribution in [1.29, 1.82) is 0 Å². The molecule has 0 bridgehead atoms. The molecule has 0 saturated heterocycles. The van der Waals surface area contributed by atoms with E-state index in [0.717, 1.165) is 17.4 Å². The minimum atomic E-state index is -3.55. The van der Waals surface area contributed by atoms with Crippen LogP contribution in [0.4, 0.5) is 5.69 Å². The summed E-state index contributed by atoms with van der Waals surface area (Å²) in [4.78, 5) is 12.4. The molecule has 5 nitrogen and oxygen atoms in total. The van der Waals surface area contributed by atoms with Gasteiger partial charge in [0.15, 0.2) is 0 Å².